The van der Waals surface area contributed by atoms with E-state index in [1.54, 1.807) is 4.90 Å². The molecule has 0 aromatic heterocycles. The maximum atomic E-state index is 12.0. The lowest BCUT2D eigenvalue weighted by molar-refractivity contribution is -0.117. The van der Waals surface area contributed by atoms with E-state index in [1.807, 2.05) is 48.5 Å². The zero-order valence-corrected chi connectivity index (χ0v) is 16.0. The van der Waals surface area contributed by atoms with Crippen molar-refractivity contribution in [2.75, 3.05) is 23.4 Å². The minimum Gasteiger partial charge on any atom is -0.494 e. The molecular formula is C20H21BrN2O3. The van der Waals surface area contributed by atoms with E-state index in [0.29, 0.717) is 25.9 Å². The van der Waals surface area contributed by atoms with Gasteiger partial charge in [-0.1, -0.05) is 15.9 Å². The maximum absolute atomic E-state index is 12.0. The molecule has 1 aliphatic rings. The fourth-order valence-corrected chi connectivity index (χ4v) is 3.09. The Morgan fingerprint density at radius 2 is 1.85 bits per heavy atom. The molecule has 1 fully saturated rings. The Labute approximate surface area is 161 Å². The molecule has 5 nitrogen and oxygen atoms in total. The number of nitrogens with one attached hydrogen (secondary N) is 1. The Kier molecular flexibility index (Phi) is 6.28. The number of anilines is 2. The van der Waals surface area contributed by atoms with Gasteiger partial charge >= 0.3 is 0 Å². The Balaban J connectivity index is 1.40. The highest BCUT2D eigenvalue weighted by atomic mass is 79.9. The van der Waals surface area contributed by atoms with Gasteiger partial charge in [0.1, 0.15) is 5.75 Å². The Hall–Kier alpha value is -2.34. The molecule has 2 aromatic rings. The van der Waals surface area contributed by atoms with Crippen LogP contribution in [0.4, 0.5) is 11.4 Å². The summed E-state index contributed by atoms with van der Waals surface area (Å²) in [5.74, 6) is 0.905. The fourth-order valence-electron chi connectivity index (χ4n) is 2.82. The molecule has 1 aliphatic heterocycles. The van der Waals surface area contributed by atoms with Gasteiger partial charge in [-0.15, -0.1) is 0 Å². The lowest BCUT2D eigenvalue weighted by Crippen LogP contribution is -2.23. The topological polar surface area (TPSA) is 58.6 Å². The number of carbonyl (C=O) groups excluding carboxylic acids is 2. The minimum absolute atomic E-state index is 0.0468. The van der Waals surface area contributed by atoms with E-state index in [9.17, 15) is 9.59 Å². The van der Waals surface area contributed by atoms with Crippen molar-refractivity contribution in [1.82, 2.24) is 0 Å². The molecule has 26 heavy (non-hydrogen) atoms. The summed E-state index contributed by atoms with van der Waals surface area (Å²) in [5, 5.41) is 2.87. The summed E-state index contributed by atoms with van der Waals surface area (Å²) in [7, 11) is 0. The van der Waals surface area contributed by atoms with Crippen LogP contribution in [-0.2, 0) is 9.59 Å². The average Bonchev–Trinajstić information content (AvgIpc) is 3.07. The molecule has 0 bridgehead atoms. The Bertz CT molecular complexity index is 760. The lowest BCUT2D eigenvalue weighted by atomic mass is 10.2. The normalized spacial score (nSPS) is 13.7. The molecule has 1 saturated heterocycles. The van der Waals surface area contributed by atoms with E-state index in [0.717, 1.165) is 34.6 Å². The second-order valence-electron chi connectivity index (χ2n) is 6.15. The fraction of sp³-hybridized carbons (Fsp3) is 0.300. The Morgan fingerprint density at radius 3 is 2.50 bits per heavy atom. The minimum atomic E-state index is -0.0468. The summed E-state index contributed by atoms with van der Waals surface area (Å²) in [6.07, 6.45) is 2.55. The summed E-state index contributed by atoms with van der Waals surface area (Å²) < 4.78 is 6.61. The highest BCUT2D eigenvalue weighted by Crippen LogP contribution is 2.23. The first-order valence-electron chi connectivity index (χ1n) is 8.70. The van der Waals surface area contributed by atoms with Crippen molar-refractivity contribution in [2.24, 2.45) is 0 Å². The van der Waals surface area contributed by atoms with Gasteiger partial charge in [0.25, 0.3) is 0 Å². The molecule has 2 aromatic carbocycles. The van der Waals surface area contributed by atoms with Gasteiger partial charge < -0.3 is 15.0 Å². The van der Waals surface area contributed by atoms with Crippen LogP contribution >= 0.6 is 15.9 Å². The van der Waals surface area contributed by atoms with Crippen molar-refractivity contribution in [3.05, 3.63) is 53.0 Å². The SMILES string of the molecule is O=C(CCCOc1ccc(Br)cc1)Nc1ccc(N2CCCC2=O)cc1. The van der Waals surface area contributed by atoms with Gasteiger partial charge in [0.05, 0.1) is 6.61 Å². The van der Waals surface area contributed by atoms with Gasteiger partial charge in [0, 0.05) is 35.2 Å². The monoisotopic (exact) mass is 416 g/mol. The Morgan fingerprint density at radius 1 is 1.12 bits per heavy atom. The van der Waals surface area contributed by atoms with Crippen LogP contribution in [0.2, 0.25) is 0 Å². The number of ether oxygens (including phenoxy) is 1. The van der Waals surface area contributed by atoms with Crippen molar-refractivity contribution in [1.29, 1.82) is 0 Å². The van der Waals surface area contributed by atoms with Gasteiger partial charge in [0.2, 0.25) is 11.8 Å². The number of nitrogens with zero attached hydrogens (tertiary/aromatic N) is 1. The zero-order chi connectivity index (χ0) is 18.4. The highest BCUT2D eigenvalue weighted by Gasteiger charge is 2.21. The van der Waals surface area contributed by atoms with Crippen molar-refractivity contribution in [2.45, 2.75) is 25.7 Å². The number of hydrogen-bond acceptors (Lipinski definition) is 3. The highest BCUT2D eigenvalue weighted by molar-refractivity contribution is 9.10. The maximum Gasteiger partial charge on any atom is 0.227 e. The van der Waals surface area contributed by atoms with Crippen molar-refractivity contribution >= 4 is 39.1 Å². The van der Waals surface area contributed by atoms with Crippen molar-refractivity contribution in [3.63, 3.8) is 0 Å². The predicted octanol–water partition coefficient (Wildman–Crippen LogP) is 4.37. The third kappa shape index (κ3) is 5.08. The largest absolute Gasteiger partial charge is 0.494 e. The molecule has 6 heteroatoms. The van der Waals surface area contributed by atoms with Crippen molar-refractivity contribution in [3.8, 4) is 5.75 Å². The molecule has 3 rings (SSSR count). The number of benzene rings is 2. The average molecular weight is 417 g/mol. The smallest absolute Gasteiger partial charge is 0.227 e. The summed E-state index contributed by atoms with van der Waals surface area (Å²) in [6.45, 7) is 1.26. The lowest BCUT2D eigenvalue weighted by Gasteiger charge is -2.16. The van der Waals surface area contributed by atoms with E-state index >= 15 is 0 Å². The number of rotatable bonds is 7. The summed E-state index contributed by atoms with van der Waals surface area (Å²) >= 11 is 3.38. The molecular weight excluding hydrogens is 396 g/mol. The standard InChI is InChI=1S/C20H21BrN2O3/c21-15-5-11-18(12-6-15)26-14-2-3-19(24)22-16-7-9-17(10-8-16)23-13-1-4-20(23)25/h5-12H,1-4,13-14H2,(H,22,24). The quantitative estimate of drug-likeness (QED) is 0.681. The molecule has 0 unspecified atom stereocenters. The number of hydrogen-bond donors (Lipinski definition) is 1. The van der Waals surface area contributed by atoms with E-state index in [4.69, 9.17) is 4.74 Å². The molecule has 2 amide bonds. The van der Waals surface area contributed by atoms with Crippen LogP contribution in [0.15, 0.2) is 53.0 Å². The summed E-state index contributed by atoms with van der Waals surface area (Å²) in [4.78, 5) is 25.6. The predicted molar refractivity (Wildman–Crippen MR) is 106 cm³/mol. The third-order valence-corrected chi connectivity index (χ3v) is 4.70. The third-order valence-electron chi connectivity index (χ3n) is 4.17. The first-order chi connectivity index (χ1) is 12.6. The zero-order valence-electron chi connectivity index (χ0n) is 14.4. The van der Waals surface area contributed by atoms with E-state index in [2.05, 4.69) is 21.2 Å². The van der Waals surface area contributed by atoms with Crippen LogP contribution in [0.25, 0.3) is 0 Å². The van der Waals surface area contributed by atoms with Gasteiger partial charge in [-0.05, 0) is 61.4 Å². The van der Waals surface area contributed by atoms with E-state index in [1.165, 1.54) is 0 Å². The second kappa shape index (κ2) is 8.85. The van der Waals surface area contributed by atoms with E-state index < -0.39 is 0 Å². The first kappa shape index (κ1) is 18.5. The van der Waals surface area contributed by atoms with E-state index in [-0.39, 0.29) is 11.8 Å². The first-order valence-corrected chi connectivity index (χ1v) is 9.50. The van der Waals surface area contributed by atoms with Crippen LogP contribution in [0.3, 0.4) is 0 Å². The molecule has 0 spiro atoms. The van der Waals surface area contributed by atoms with Crippen LogP contribution < -0.4 is 15.0 Å². The summed E-state index contributed by atoms with van der Waals surface area (Å²) in [6, 6.07) is 15.0. The van der Waals surface area contributed by atoms with Crippen LogP contribution in [0, 0.1) is 0 Å². The number of halogens is 1. The molecule has 0 radical (unpaired) electrons. The van der Waals surface area contributed by atoms with Crippen LogP contribution in [0.1, 0.15) is 25.7 Å². The molecule has 1 heterocycles. The molecule has 0 saturated carbocycles. The molecule has 136 valence electrons. The second-order valence-corrected chi connectivity index (χ2v) is 7.07. The van der Waals surface area contributed by atoms with Crippen LogP contribution in [0.5, 0.6) is 5.75 Å². The summed E-state index contributed by atoms with van der Waals surface area (Å²) in [5.41, 5.74) is 1.62. The molecule has 0 aliphatic carbocycles. The molecule has 1 N–H and O–H groups in total. The van der Waals surface area contributed by atoms with Crippen molar-refractivity contribution < 1.29 is 14.3 Å². The van der Waals surface area contributed by atoms with Gasteiger partial charge in [-0.3, -0.25) is 9.59 Å². The number of amides is 2. The van der Waals surface area contributed by atoms with Crippen LogP contribution in [-0.4, -0.2) is 25.0 Å². The van der Waals surface area contributed by atoms with Gasteiger partial charge in [-0.25, -0.2) is 0 Å². The van der Waals surface area contributed by atoms with Gasteiger partial charge in [-0.2, -0.15) is 0 Å². The number of carbonyl (C=O) groups is 2. The van der Waals surface area contributed by atoms with Gasteiger partial charge in [0.15, 0.2) is 0 Å². The molecule has 0 atom stereocenters.